The van der Waals surface area contributed by atoms with Gasteiger partial charge in [0, 0.05) is 6.54 Å². The van der Waals surface area contributed by atoms with Crippen LogP contribution in [0, 0.1) is 10.1 Å². The summed E-state index contributed by atoms with van der Waals surface area (Å²) in [6, 6.07) is 29.7. The fraction of sp³-hybridized carbons (Fsp3) is 0.333. The number of benzene rings is 4. The molecule has 0 radical (unpaired) electrons. The van der Waals surface area contributed by atoms with Crippen LogP contribution in [0.15, 0.2) is 91.0 Å². The van der Waals surface area contributed by atoms with Crippen LogP contribution in [0.3, 0.4) is 0 Å². The first-order valence-corrected chi connectivity index (χ1v) is 16.3. The van der Waals surface area contributed by atoms with Crippen molar-refractivity contribution in [2.24, 2.45) is 0 Å². The highest BCUT2D eigenvalue weighted by Gasteiger charge is 2.25. The highest BCUT2D eigenvalue weighted by Crippen LogP contribution is 2.40. The molecular formula is C39H44N2O6. The predicted octanol–water partition coefficient (Wildman–Crippen LogP) is 8.99. The maximum atomic E-state index is 11.9. The van der Waals surface area contributed by atoms with Crippen LogP contribution in [-0.2, 0) is 0 Å². The molecule has 8 heteroatoms. The van der Waals surface area contributed by atoms with Crippen LogP contribution in [0.25, 0.3) is 11.1 Å². The number of likely N-dealkylation sites (tertiary alicyclic amines) is 1. The van der Waals surface area contributed by atoms with Crippen molar-refractivity contribution in [3.63, 3.8) is 0 Å². The summed E-state index contributed by atoms with van der Waals surface area (Å²) in [5.41, 5.74) is 5.98. The van der Waals surface area contributed by atoms with Gasteiger partial charge in [0.15, 0.2) is 11.5 Å². The largest absolute Gasteiger partial charge is 0.494 e. The second kappa shape index (κ2) is 16.1. The molecule has 1 saturated heterocycles. The van der Waals surface area contributed by atoms with Crippen LogP contribution in [0.1, 0.15) is 67.9 Å². The number of hydrogen-bond donors (Lipinski definition) is 0. The van der Waals surface area contributed by atoms with Crippen molar-refractivity contribution in [1.82, 2.24) is 4.90 Å². The molecule has 0 amide bonds. The molecule has 1 aliphatic rings. The first kappa shape index (κ1) is 33.5. The van der Waals surface area contributed by atoms with Gasteiger partial charge < -0.3 is 23.8 Å². The summed E-state index contributed by atoms with van der Waals surface area (Å²) < 4.78 is 23.0. The SMILES string of the molecule is CCC(=C(c1ccc(OCCCN2CCCC2)cc1)c1ccc(OC(C)c2cc(OC)c(OC)cc2[N+](=O)[O-])cc1)c1ccccc1. The zero-order chi connectivity index (χ0) is 33.2. The minimum atomic E-state index is -0.616. The van der Waals surface area contributed by atoms with Crippen molar-refractivity contribution < 1.29 is 23.9 Å². The molecule has 0 N–H and O–H groups in total. The predicted molar refractivity (Wildman–Crippen MR) is 187 cm³/mol. The highest BCUT2D eigenvalue weighted by atomic mass is 16.6. The molecule has 4 aromatic rings. The average Bonchev–Trinajstić information content (AvgIpc) is 3.63. The van der Waals surface area contributed by atoms with Gasteiger partial charge in [-0.25, -0.2) is 0 Å². The summed E-state index contributed by atoms with van der Waals surface area (Å²) in [7, 11) is 2.95. The van der Waals surface area contributed by atoms with Crippen molar-refractivity contribution in [2.45, 2.75) is 45.6 Å². The molecule has 47 heavy (non-hydrogen) atoms. The lowest BCUT2D eigenvalue weighted by molar-refractivity contribution is -0.386. The van der Waals surface area contributed by atoms with E-state index in [1.54, 1.807) is 13.0 Å². The van der Waals surface area contributed by atoms with Crippen molar-refractivity contribution in [2.75, 3.05) is 40.5 Å². The van der Waals surface area contributed by atoms with E-state index in [4.69, 9.17) is 18.9 Å². The molecule has 0 saturated carbocycles. The van der Waals surface area contributed by atoms with E-state index in [1.807, 2.05) is 30.3 Å². The van der Waals surface area contributed by atoms with Gasteiger partial charge in [-0.05, 0) is 104 Å². The van der Waals surface area contributed by atoms with Gasteiger partial charge >= 0.3 is 0 Å². The molecule has 1 aliphatic heterocycles. The molecule has 8 nitrogen and oxygen atoms in total. The lowest BCUT2D eigenvalue weighted by atomic mass is 9.88. The van der Waals surface area contributed by atoms with Gasteiger partial charge in [0.05, 0.1) is 37.4 Å². The number of nitro groups is 1. The zero-order valence-electron chi connectivity index (χ0n) is 27.7. The number of nitrogens with zero attached hydrogens (tertiary/aromatic N) is 2. The van der Waals surface area contributed by atoms with Crippen molar-refractivity contribution >= 4 is 16.8 Å². The van der Waals surface area contributed by atoms with Gasteiger partial charge in [0.2, 0.25) is 0 Å². The normalized spacial score (nSPS) is 14.3. The van der Waals surface area contributed by atoms with Crippen LogP contribution in [0.5, 0.6) is 23.0 Å². The Kier molecular flexibility index (Phi) is 11.5. The topological polar surface area (TPSA) is 83.3 Å². The second-order valence-corrected chi connectivity index (χ2v) is 11.7. The van der Waals surface area contributed by atoms with E-state index < -0.39 is 11.0 Å². The highest BCUT2D eigenvalue weighted by molar-refractivity contribution is 5.98. The maximum Gasteiger partial charge on any atom is 0.280 e. The van der Waals surface area contributed by atoms with E-state index in [-0.39, 0.29) is 5.69 Å². The molecule has 0 aromatic heterocycles. The molecule has 0 spiro atoms. The van der Waals surface area contributed by atoms with Gasteiger partial charge in [0.25, 0.3) is 5.69 Å². The third-order valence-electron chi connectivity index (χ3n) is 8.63. The molecule has 1 atom stereocenters. The quantitative estimate of drug-likeness (QED) is 0.0557. The van der Waals surface area contributed by atoms with Gasteiger partial charge in [-0.2, -0.15) is 0 Å². The number of methoxy groups -OCH3 is 2. The van der Waals surface area contributed by atoms with E-state index in [2.05, 4.69) is 60.4 Å². The van der Waals surface area contributed by atoms with Crippen molar-refractivity contribution in [1.29, 1.82) is 0 Å². The Labute approximate surface area is 277 Å². The molecule has 246 valence electrons. The lowest BCUT2D eigenvalue weighted by Crippen LogP contribution is -2.21. The summed E-state index contributed by atoms with van der Waals surface area (Å²) in [6.07, 6.45) is 3.86. The van der Waals surface area contributed by atoms with E-state index in [1.165, 1.54) is 57.4 Å². The molecule has 1 heterocycles. The number of rotatable bonds is 15. The molecule has 0 bridgehead atoms. The molecule has 5 rings (SSSR count). The Balaban J connectivity index is 1.39. The smallest absolute Gasteiger partial charge is 0.280 e. The van der Waals surface area contributed by atoms with Crippen LogP contribution < -0.4 is 18.9 Å². The minimum Gasteiger partial charge on any atom is -0.494 e. The molecule has 1 fully saturated rings. The van der Waals surface area contributed by atoms with E-state index in [0.717, 1.165) is 41.8 Å². The number of nitro benzene ring substituents is 1. The Hall–Kier alpha value is -4.82. The summed E-state index contributed by atoms with van der Waals surface area (Å²) in [5, 5.41) is 11.9. The summed E-state index contributed by atoms with van der Waals surface area (Å²) in [4.78, 5) is 14.0. The maximum absolute atomic E-state index is 11.9. The first-order valence-electron chi connectivity index (χ1n) is 16.3. The third-order valence-corrected chi connectivity index (χ3v) is 8.63. The van der Waals surface area contributed by atoms with Crippen LogP contribution >= 0.6 is 0 Å². The molecule has 0 aliphatic carbocycles. The standard InChI is InChI=1S/C39H44N2O6/c1-5-34(29-12-7-6-8-13-29)39(30-14-18-32(19-15-30)46-25-11-24-40-22-9-10-23-40)31-16-20-33(21-17-31)47-28(2)35-26-37(44-3)38(45-4)27-36(35)41(42)43/h6-8,12-21,26-28H,5,9-11,22-25H2,1-4H3. The van der Waals surface area contributed by atoms with E-state index >= 15 is 0 Å². The molecular weight excluding hydrogens is 592 g/mol. The van der Waals surface area contributed by atoms with Gasteiger partial charge in [-0.3, -0.25) is 10.1 Å². The average molecular weight is 637 g/mol. The lowest BCUT2D eigenvalue weighted by Gasteiger charge is -2.19. The summed E-state index contributed by atoms with van der Waals surface area (Å²) in [5.74, 6) is 2.16. The monoisotopic (exact) mass is 636 g/mol. The Bertz CT molecular complexity index is 1650. The van der Waals surface area contributed by atoms with Crippen molar-refractivity contribution in [3.8, 4) is 23.0 Å². The molecule has 4 aromatic carbocycles. The second-order valence-electron chi connectivity index (χ2n) is 11.7. The molecule has 1 unspecified atom stereocenters. The third kappa shape index (κ3) is 8.32. The number of ether oxygens (including phenoxy) is 4. The van der Waals surface area contributed by atoms with Crippen LogP contribution in [0.4, 0.5) is 5.69 Å². The Morgan fingerprint density at radius 2 is 1.43 bits per heavy atom. The fourth-order valence-electron chi connectivity index (χ4n) is 6.22. The van der Waals surface area contributed by atoms with Gasteiger partial charge in [0.1, 0.15) is 17.6 Å². The minimum absolute atomic E-state index is 0.0912. The Morgan fingerprint density at radius 3 is 2.00 bits per heavy atom. The van der Waals surface area contributed by atoms with E-state index in [0.29, 0.717) is 29.4 Å². The van der Waals surface area contributed by atoms with Gasteiger partial charge in [-0.15, -0.1) is 0 Å². The van der Waals surface area contributed by atoms with E-state index in [9.17, 15) is 10.1 Å². The number of allylic oxidation sites excluding steroid dienone is 1. The fourth-order valence-corrected chi connectivity index (χ4v) is 6.22. The summed E-state index contributed by atoms with van der Waals surface area (Å²) >= 11 is 0. The van der Waals surface area contributed by atoms with Crippen LogP contribution in [-0.4, -0.2) is 50.3 Å². The first-order chi connectivity index (χ1) is 22.9. The van der Waals surface area contributed by atoms with Crippen molar-refractivity contribution in [3.05, 3.63) is 123 Å². The number of hydrogen-bond acceptors (Lipinski definition) is 7. The van der Waals surface area contributed by atoms with Gasteiger partial charge in [-0.1, -0.05) is 61.5 Å². The zero-order valence-corrected chi connectivity index (χ0v) is 27.7. The summed E-state index contributed by atoms with van der Waals surface area (Å²) in [6.45, 7) is 8.17. The van der Waals surface area contributed by atoms with Crippen LogP contribution in [0.2, 0.25) is 0 Å². The Morgan fingerprint density at radius 1 is 0.830 bits per heavy atom.